The van der Waals surface area contributed by atoms with Gasteiger partial charge in [-0.2, -0.15) is 5.26 Å². The Bertz CT molecular complexity index is 955. The van der Waals surface area contributed by atoms with Crippen LogP contribution in [0.5, 0.6) is 0 Å². The lowest BCUT2D eigenvalue weighted by Crippen LogP contribution is -2.25. The highest BCUT2D eigenvalue weighted by Crippen LogP contribution is 2.32. The number of hydrogen-bond acceptors (Lipinski definition) is 6. The number of hydrogen-bond donors (Lipinski definition) is 1. The fourth-order valence-electron chi connectivity index (χ4n) is 3.47. The SMILES string of the molecule is Cn1ccnc1CN1CCCC1c1cccc(Nc2ccc(C#N)nc2)n1. The fourth-order valence-corrected chi connectivity index (χ4v) is 3.47. The molecule has 4 rings (SSSR count). The van der Waals surface area contributed by atoms with Crippen LogP contribution in [0.3, 0.4) is 0 Å². The number of nitrogens with zero attached hydrogens (tertiary/aromatic N) is 6. The van der Waals surface area contributed by atoms with Crippen molar-refractivity contribution in [1.82, 2.24) is 24.4 Å². The summed E-state index contributed by atoms with van der Waals surface area (Å²) >= 11 is 0. The van der Waals surface area contributed by atoms with Gasteiger partial charge in [0.1, 0.15) is 23.4 Å². The van der Waals surface area contributed by atoms with Gasteiger partial charge in [-0.1, -0.05) is 6.07 Å². The fraction of sp³-hybridized carbons (Fsp3) is 0.300. The summed E-state index contributed by atoms with van der Waals surface area (Å²) in [7, 11) is 2.03. The minimum Gasteiger partial charge on any atom is -0.339 e. The summed E-state index contributed by atoms with van der Waals surface area (Å²) in [4.78, 5) is 15.8. The van der Waals surface area contributed by atoms with Crippen LogP contribution in [0.1, 0.15) is 36.1 Å². The molecule has 136 valence electrons. The van der Waals surface area contributed by atoms with Gasteiger partial charge in [0, 0.05) is 19.4 Å². The van der Waals surface area contributed by atoms with Crippen molar-refractivity contribution in [3.8, 4) is 6.07 Å². The normalized spacial score (nSPS) is 17.0. The van der Waals surface area contributed by atoms with E-state index >= 15 is 0 Å². The molecule has 0 aliphatic carbocycles. The van der Waals surface area contributed by atoms with Crippen LogP contribution in [0, 0.1) is 11.3 Å². The third kappa shape index (κ3) is 3.81. The van der Waals surface area contributed by atoms with Gasteiger partial charge in [-0.15, -0.1) is 0 Å². The summed E-state index contributed by atoms with van der Waals surface area (Å²) in [5.41, 5.74) is 2.28. The van der Waals surface area contributed by atoms with E-state index in [-0.39, 0.29) is 0 Å². The molecule has 1 unspecified atom stereocenters. The quantitative estimate of drug-likeness (QED) is 0.753. The van der Waals surface area contributed by atoms with Crippen LogP contribution in [0.2, 0.25) is 0 Å². The Labute approximate surface area is 158 Å². The van der Waals surface area contributed by atoms with E-state index in [4.69, 9.17) is 10.2 Å². The Morgan fingerprint density at radius 2 is 2.19 bits per heavy atom. The Morgan fingerprint density at radius 3 is 2.93 bits per heavy atom. The van der Waals surface area contributed by atoms with Crippen molar-refractivity contribution in [2.24, 2.45) is 7.05 Å². The molecule has 27 heavy (non-hydrogen) atoms. The summed E-state index contributed by atoms with van der Waals surface area (Å²) in [6.45, 7) is 1.88. The number of likely N-dealkylation sites (tertiary alicyclic amines) is 1. The summed E-state index contributed by atoms with van der Waals surface area (Å²) in [6.07, 6.45) is 7.73. The molecule has 1 aliphatic heterocycles. The van der Waals surface area contributed by atoms with E-state index in [1.54, 1.807) is 12.3 Å². The third-order valence-electron chi connectivity index (χ3n) is 4.89. The van der Waals surface area contributed by atoms with Crippen molar-refractivity contribution < 1.29 is 0 Å². The maximum absolute atomic E-state index is 8.85. The average molecular weight is 359 g/mol. The number of pyridine rings is 2. The largest absolute Gasteiger partial charge is 0.339 e. The molecule has 0 bridgehead atoms. The highest BCUT2D eigenvalue weighted by Gasteiger charge is 2.28. The molecular formula is C20H21N7. The zero-order chi connectivity index (χ0) is 18.6. The first-order chi connectivity index (χ1) is 13.2. The first kappa shape index (κ1) is 17.2. The van der Waals surface area contributed by atoms with Crippen molar-refractivity contribution >= 4 is 11.5 Å². The van der Waals surface area contributed by atoms with Crippen LogP contribution >= 0.6 is 0 Å². The second kappa shape index (κ2) is 7.56. The van der Waals surface area contributed by atoms with Gasteiger partial charge in [0.25, 0.3) is 0 Å². The van der Waals surface area contributed by atoms with E-state index in [9.17, 15) is 0 Å². The lowest BCUT2D eigenvalue weighted by atomic mass is 10.1. The molecular weight excluding hydrogens is 338 g/mol. The number of nitrogens with one attached hydrogen (secondary N) is 1. The van der Waals surface area contributed by atoms with E-state index in [1.807, 2.05) is 43.7 Å². The number of imidazole rings is 1. The number of rotatable bonds is 5. The lowest BCUT2D eigenvalue weighted by molar-refractivity contribution is 0.236. The van der Waals surface area contributed by atoms with Crippen LogP contribution in [-0.2, 0) is 13.6 Å². The molecule has 1 saturated heterocycles. The van der Waals surface area contributed by atoms with E-state index in [2.05, 4.69) is 30.8 Å². The Balaban J connectivity index is 1.50. The van der Waals surface area contributed by atoms with Gasteiger partial charge in [0.2, 0.25) is 0 Å². The molecule has 1 atom stereocenters. The monoisotopic (exact) mass is 359 g/mol. The topological polar surface area (TPSA) is 82.7 Å². The van der Waals surface area contributed by atoms with Crippen molar-refractivity contribution in [2.45, 2.75) is 25.4 Å². The van der Waals surface area contributed by atoms with Crippen molar-refractivity contribution in [3.63, 3.8) is 0 Å². The number of nitriles is 1. The summed E-state index contributed by atoms with van der Waals surface area (Å²) in [5.74, 6) is 1.85. The first-order valence-corrected chi connectivity index (χ1v) is 9.03. The molecule has 1 aliphatic rings. The molecule has 0 saturated carbocycles. The van der Waals surface area contributed by atoms with Crippen molar-refractivity contribution in [3.05, 3.63) is 66.1 Å². The maximum atomic E-state index is 8.85. The Morgan fingerprint density at radius 1 is 1.26 bits per heavy atom. The molecule has 4 heterocycles. The van der Waals surface area contributed by atoms with Crippen molar-refractivity contribution in [2.75, 3.05) is 11.9 Å². The van der Waals surface area contributed by atoms with E-state index in [0.29, 0.717) is 11.7 Å². The van der Waals surface area contributed by atoms with E-state index < -0.39 is 0 Å². The second-order valence-corrected chi connectivity index (χ2v) is 6.70. The summed E-state index contributed by atoms with van der Waals surface area (Å²) in [6, 6.07) is 11.9. The maximum Gasteiger partial charge on any atom is 0.140 e. The lowest BCUT2D eigenvalue weighted by Gasteiger charge is -2.24. The summed E-state index contributed by atoms with van der Waals surface area (Å²) < 4.78 is 2.07. The molecule has 0 amide bonds. The van der Waals surface area contributed by atoms with Gasteiger partial charge in [-0.25, -0.2) is 15.0 Å². The smallest absolute Gasteiger partial charge is 0.140 e. The van der Waals surface area contributed by atoms with E-state index in [1.165, 1.54) is 0 Å². The molecule has 0 radical (unpaired) electrons. The predicted molar refractivity (Wildman–Crippen MR) is 102 cm³/mol. The predicted octanol–water partition coefficient (Wildman–Crippen LogP) is 3.16. The zero-order valence-corrected chi connectivity index (χ0v) is 15.2. The molecule has 1 fully saturated rings. The van der Waals surface area contributed by atoms with Gasteiger partial charge in [0.05, 0.1) is 30.2 Å². The molecule has 3 aromatic heterocycles. The third-order valence-corrected chi connectivity index (χ3v) is 4.89. The van der Waals surface area contributed by atoms with Crippen LogP contribution in [0.4, 0.5) is 11.5 Å². The highest BCUT2D eigenvalue weighted by molar-refractivity contribution is 5.55. The zero-order valence-electron chi connectivity index (χ0n) is 15.2. The van der Waals surface area contributed by atoms with E-state index in [0.717, 1.165) is 49.0 Å². The van der Waals surface area contributed by atoms with Gasteiger partial charge >= 0.3 is 0 Å². The van der Waals surface area contributed by atoms with Crippen LogP contribution in [-0.4, -0.2) is 31.0 Å². The van der Waals surface area contributed by atoms with Gasteiger partial charge in [-0.05, 0) is 43.7 Å². The van der Waals surface area contributed by atoms with Gasteiger partial charge in [-0.3, -0.25) is 4.90 Å². The average Bonchev–Trinajstić information content (AvgIpc) is 3.32. The highest BCUT2D eigenvalue weighted by atomic mass is 15.2. The van der Waals surface area contributed by atoms with Crippen LogP contribution in [0.25, 0.3) is 0 Å². The minimum absolute atomic E-state index is 0.294. The molecule has 0 aromatic carbocycles. The van der Waals surface area contributed by atoms with Crippen LogP contribution < -0.4 is 5.32 Å². The molecule has 7 heteroatoms. The van der Waals surface area contributed by atoms with Crippen molar-refractivity contribution in [1.29, 1.82) is 5.26 Å². The standard InChI is InChI=1S/C20H21N7/c1-26-11-9-22-20(26)14-27-10-3-5-18(27)17-4-2-6-19(25-17)24-16-8-7-15(12-21)23-13-16/h2,4,6-9,11,13,18H,3,5,10,14H2,1H3,(H,24,25). The second-order valence-electron chi connectivity index (χ2n) is 6.70. The minimum atomic E-state index is 0.294. The molecule has 0 spiro atoms. The Hall–Kier alpha value is -3.24. The summed E-state index contributed by atoms with van der Waals surface area (Å²) in [5, 5.41) is 12.1. The molecule has 7 nitrogen and oxygen atoms in total. The van der Waals surface area contributed by atoms with Crippen LogP contribution in [0.15, 0.2) is 48.9 Å². The first-order valence-electron chi connectivity index (χ1n) is 9.03. The van der Waals surface area contributed by atoms with Gasteiger partial charge < -0.3 is 9.88 Å². The van der Waals surface area contributed by atoms with Gasteiger partial charge in [0.15, 0.2) is 0 Å². The number of anilines is 2. The molecule has 3 aromatic rings. The number of aromatic nitrogens is 4. The Kier molecular flexibility index (Phi) is 4.81. The molecule has 1 N–H and O–H groups in total. The number of aryl methyl sites for hydroxylation is 1.